The molecule has 0 saturated carbocycles. The largest absolute Gasteiger partial charge is 0.506 e. The summed E-state index contributed by atoms with van der Waals surface area (Å²) in [6, 6.07) is 13.0. The summed E-state index contributed by atoms with van der Waals surface area (Å²) in [6.45, 7) is 1.97. The van der Waals surface area contributed by atoms with Gasteiger partial charge in [-0.05, 0) is 29.7 Å². The lowest BCUT2D eigenvalue weighted by Crippen LogP contribution is -2.29. The summed E-state index contributed by atoms with van der Waals surface area (Å²) in [7, 11) is 0. The number of hydrogen-bond acceptors (Lipinski definition) is 5. The molecule has 0 aliphatic carbocycles. The van der Waals surface area contributed by atoms with Crippen LogP contribution in [0.3, 0.4) is 0 Å². The molecule has 0 fully saturated rings. The highest BCUT2D eigenvalue weighted by Crippen LogP contribution is 2.37. The smallest absolute Gasteiger partial charge is 0.336 e. The zero-order valence-electron chi connectivity index (χ0n) is 14.9. The summed E-state index contributed by atoms with van der Waals surface area (Å²) < 4.78 is 5.35. The number of fused-ring (bicyclic) bond motifs is 1. The number of unbranched alkanes of at least 4 members (excludes halogenated alkanes) is 1. The molecule has 3 N–H and O–H groups in total. The topological polar surface area (TPSA) is 99.8 Å². The molecule has 0 aliphatic heterocycles. The van der Waals surface area contributed by atoms with E-state index in [0.29, 0.717) is 23.8 Å². The molecule has 0 radical (unpaired) electrons. The van der Waals surface area contributed by atoms with Gasteiger partial charge in [0.05, 0.1) is 0 Å². The van der Waals surface area contributed by atoms with Gasteiger partial charge in [-0.1, -0.05) is 50.1 Å². The Hall–Kier alpha value is -3.28. The highest BCUT2D eigenvalue weighted by molar-refractivity contribution is 6.01. The van der Waals surface area contributed by atoms with Crippen molar-refractivity contribution in [1.29, 1.82) is 0 Å². The first-order chi connectivity index (χ1) is 13.0. The third-order valence-corrected chi connectivity index (χ3v) is 4.44. The van der Waals surface area contributed by atoms with Crippen LogP contribution in [0.25, 0.3) is 22.1 Å². The third-order valence-electron chi connectivity index (χ3n) is 4.44. The second-order valence-corrected chi connectivity index (χ2v) is 6.36. The zero-order valence-corrected chi connectivity index (χ0v) is 14.9. The number of aliphatic carboxylic acids is 1. The quantitative estimate of drug-likeness (QED) is 0.427. The summed E-state index contributed by atoms with van der Waals surface area (Å²) in [5.41, 5.74) is 1.17. The summed E-state index contributed by atoms with van der Waals surface area (Å²) in [5.74, 6) is -1.19. The number of carbonyl (C=O) groups is 1. The van der Waals surface area contributed by atoms with Gasteiger partial charge in [0, 0.05) is 11.5 Å². The Morgan fingerprint density at radius 1 is 1.19 bits per heavy atom. The Balaban J connectivity index is 2.16. The van der Waals surface area contributed by atoms with Gasteiger partial charge in [-0.3, -0.25) is 0 Å². The van der Waals surface area contributed by atoms with Crippen LogP contribution in [0.1, 0.15) is 26.2 Å². The van der Waals surface area contributed by atoms with Crippen molar-refractivity contribution in [2.75, 3.05) is 5.32 Å². The summed E-state index contributed by atoms with van der Waals surface area (Å²) in [6.07, 6.45) is 1.96. The number of anilines is 1. The first kappa shape index (κ1) is 18.5. The van der Waals surface area contributed by atoms with Crippen molar-refractivity contribution < 1.29 is 19.4 Å². The van der Waals surface area contributed by atoms with Gasteiger partial charge in [0.15, 0.2) is 5.58 Å². The van der Waals surface area contributed by atoms with E-state index in [9.17, 15) is 19.8 Å². The molecule has 27 heavy (non-hydrogen) atoms. The number of benzene rings is 2. The van der Waals surface area contributed by atoms with E-state index in [0.717, 1.165) is 12.0 Å². The Labute approximate surface area is 156 Å². The van der Waals surface area contributed by atoms with Gasteiger partial charge in [-0.2, -0.15) is 0 Å². The van der Waals surface area contributed by atoms with Gasteiger partial charge in [-0.15, -0.1) is 0 Å². The average Bonchev–Trinajstić information content (AvgIpc) is 2.66. The van der Waals surface area contributed by atoms with Gasteiger partial charge in [-0.25, -0.2) is 9.59 Å². The van der Waals surface area contributed by atoms with Crippen molar-refractivity contribution in [2.24, 2.45) is 0 Å². The Bertz CT molecular complexity index is 1010. The second kappa shape index (κ2) is 7.95. The molecule has 1 atom stereocenters. The number of carboxylic acids is 1. The Morgan fingerprint density at radius 2 is 1.93 bits per heavy atom. The molecule has 6 nitrogen and oxygen atoms in total. The summed E-state index contributed by atoms with van der Waals surface area (Å²) in [5, 5.41) is 23.2. The molecule has 3 rings (SSSR count). The maximum atomic E-state index is 12.1. The third kappa shape index (κ3) is 3.95. The molecule has 0 bridgehead atoms. The van der Waals surface area contributed by atoms with E-state index in [1.807, 2.05) is 37.3 Å². The highest BCUT2D eigenvalue weighted by atomic mass is 16.4. The van der Waals surface area contributed by atoms with E-state index in [2.05, 4.69) is 5.32 Å². The van der Waals surface area contributed by atoms with Gasteiger partial charge in [0.1, 0.15) is 17.5 Å². The minimum Gasteiger partial charge on any atom is -0.506 e. The summed E-state index contributed by atoms with van der Waals surface area (Å²) in [4.78, 5) is 23.7. The molecule has 0 aliphatic rings. The molecule has 3 aromatic rings. The minimum atomic E-state index is -1.03. The molecule has 0 spiro atoms. The van der Waals surface area contributed by atoms with Crippen molar-refractivity contribution in [3.8, 4) is 16.9 Å². The van der Waals surface area contributed by atoms with Crippen molar-refractivity contribution in [3.63, 3.8) is 0 Å². The van der Waals surface area contributed by atoms with Gasteiger partial charge < -0.3 is 19.9 Å². The van der Waals surface area contributed by atoms with E-state index in [-0.39, 0.29) is 17.0 Å². The zero-order chi connectivity index (χ0) is 19.4. The Morgan fingerprint density at radius 3 is 2.59 bits per heavy atom. The molecule has 0 saturated heterocycles. The van der Waals surface area contributed by atoms with E-state index >= 15 is 0 Å². The summed E-state index contributed by atoms with van der Waals surface area (Å²) >= 11 is 0. The van der Waals surface area contributed by atoms with E-state index in [1.54, 1.807) is 6.07 Å². The molecule has 6 heteroatoms. The number of hydrogen-bond donors (Lipinski definition) is 3. The van der Waals surface area contributed by atoms with Crippen LogP contribution in [0.2, 0.25) is 0 Å². The second-order valence-electron chi connectivity index (χ2n) is 6.36. The molecule has 1 heterocycles. The van der Waals surface area contributed by atoms with Gasteiger partial charge in [0.2, 0.25) is 0 Å². The number of carboxylic acid groups (broad SMARTS) is 1. The van der Waals surface area contributed by atoms with Crippen LogP contribution >= 0.6 is 0 Å². The Kier molecular flexibility index (Phi) is 5.45. The lowest BCUT2D eigenvalue weighted by atomic mass is 10.0. The fraction of sp³-hybridized carbons (Fsp3) is 0.238. The fourth-order valence-corrected chi connectivity index (χ4v) is 3.05. The molecule has 140 valence electrons. The average molecular weight is 367 g/mol. The number of rotatable bonds is 7. The maximum Gasteiger partial charge on any atom is 0.336 e. The van der Waals surface area contributed by atoms with Crippen LogP contribution in [0.15, 0.2) is 57.7 Å². The number of phenolic OH excluding ortho intramolecular Hbond substituents is 1. The first-order valence-electron chi connectivity index (χ1n) is 8.86. The SMILES string of the molecule is CCCCC(Nc1c(O)ccc2c(-c3ccccc3)cc(=O)oc12)C(=O)O. The van der Waals surface area contributed by atoms with Crippen LogP contribution in [0.4, 0.5) is 5.69 Å². The fourth-order valence-electron chi connectivity index (χ4n) is 3.05. The predicted octanol–water partition coefficient (Wildman–Crippen LogP) is 4.22. The van der Waals surface area contributed by atoms with Gasteiger partial charge >= 0.3 is 11.6 Å². The standard InChI is InChI=1S/C21H21NO5/c1-2-3-9-16(21(25)26)22-19-17(23)11-10-14-15(12-18(24)27-20(14)19)13-7-5-4-6-8-13/h4-8,10-12,16,22-23H,2-3,9H2,1H3,(H,25,26). The van der Waals surface area contributed by atoms with Crippen molar-refractivity contribution in [3.05, 3.63) is 59.0 Å². The van der Waals surface area contributed by atoms with Crippen LogP contribution in [-0.2, 0) is 4.79 Å². The van der Waals surface area contributed by atoms with Crippen molar-refractivity contribution in [2.45, 2.75) is 32.2 Å². The van der Waals surface area contributed by atoms with E-state index in [1.165, 1.54) is 12.1 Å². The normalized spacial score (nSPS) is 12.0. The number of aromatic hydroxyl groups is 1. The van der Waals surface area contributed by atoms with Crippen LogP contribution < -0.4 is 10.9 Å². The molecular formula is C21H21NO5. The lowest BCUT2D eigenvalue weighted by Gasteiger charge is -2.18. The van der Waals surface area contributed by atoms with Crippen LogP contribution in [0, 0.1) is 0 Å². The molecular weight excluding hydrogens is 346 g/mol. The van der Waals surface area contributed by atoms with Crippen LogP contribution in [0.5, 0.6) is 5.75 Å². The first-order valence-corrected chi connectivity index (χ1v) is 8.86. The predicted molar refractivity (Wildman–Crippen MR) is 104 cm³/mol. The lowest BCUT2D eigenvalue weighted by molar-refractivity contribution is -0.138. The monoisotopic (exact) mass is 367 g/mol. The maximum absolute atomic E-state index is 12.1. The highest BCUT2D eigenvalue weighted by Gasteiger charge is 2.21. The van der Waals surface area contributed by atoms with Crippen molar-refractivity contribution >= 4 is 22.6 Å². The molecule has 1 unspecified atom stereocenters. The van der Waals surface area contributed by atoms with E-state index < -0.39 is 17.6 Å². The molecule has 0 amide bonds. The minimum absolute atomic E-state index is 0.117. The number of phenols is 1. The van der Waals surface area contributed by atoms with Gasteiger partial charge in [0.25, 0.3) is 0 Å². The van der Waals surface area contributed by atoms with E-state index in [4.69, 9.17) is 4.42 Å². The number of nitrogens with one attached hydrogen (secondary N) is 1. The molecule has 2 aromatic carbocycles. The van der Waals surface area contributed by atoms with Crippen molar-refractivity contribution in [1.82, 2.24) is 0 Å². The van der Waals surface area contributed by atoms with Crippen LogP contribution in [-0.4, -0.2) is 22.2 Å². The molecule has 1 aromatic heterocycles.